The molecule has 1 rings (SSSR count). The van der Waals surface area contributed by atoms with Crippen LogP contribution in [0.15, 0.2) is 18.2 Å². The highest BCUT2D eigenvalue weighted by atomic mass is 35.5. The molecule has 0 heterocycles. The molecule has 2 heteroatoms. The van der Waals surface area contributed by atoms with E-state index in [0.29, 0.717) is 12.3 Å². The molecule has 0 atom stereocenters. The summed E-state index contributed by atoms with van der Waals surface area (Å²) in [5.41, 5.74) is 3.47. The van der Waals surface area contributed by atoms with Gasteiger partial charge in [0.2, 0.25) is 0 Å². The van der Waals surface area contributed by atoms with Gasteiger partial charge in [0, 0.05) is 17.9 Å². The van der Waals surface area contributed by atoms with Gasteiger partial charge in [-0.05, 0) is 36.5 Å². The average Bonchev–Trinajstić information content (AvgIpc) is 2.34. The van der Waals surface area contributed by atoms with Crippen molar-refractivity contribution in [1.29, 1.82) is 0 Å². The van der Waals surface area contributed by atoms with Gasteiger partial charge >= 0.3 is 0 Å². The number of carbonyl (C=O) groups excluding carboxylic acids is 1. The molecule has 0 N–H and O–H groups in total. The molecular weight excluding hydrogens is 220 g/mol. The first kappa shape index (κ1) is 13.2. The zero-order chi connectivity index (χ0) is 12.0. The van der Waals surface area contributed by atoms with Crippen molar-refractivity contribution in [3.8, 4) is 0 Å². The minimum Gasteiger partial charge on any atom is -0.294 e. The predicted molar refractivity (Wildman–Crippen MR) is 69.5 cm³/mol. The molecule has 0 aliphatic carbocycles. The molecule has 0 bridgehead atoms. The largest absolute Gasteiger partial charge is 0.294 e. The maximum absolute atomic E-state index is 11.8. The Bertz CT molecular complexity index is 358. The first-order valence-corrected chi connectivity index (χ1v) is 6.47. The predicted octanol–water partition coefficient (Wildman–Crippen LogP) is 4.01. The third-order valence-corrected chi connectivity index (χ3v) is 3.09. The Labute approximate surface area is 103 Å². The fourth-order valence-corrected chi connectivity index (χ4v) is 1.98. The van der Waals surface area contributed by atoms with E-state index in [-0.39, 0.29) is 5.78 Å². The van der Waals surface area contributed by atoms with Crippen LogP contribution < -0.4 is 0 Å². The number of aryl methyl sites for hydroxylation is 2. The summed E-state index contributed by atoms with van der Waals surface area (Å²) in [6, 6.07) is 6.05. The van der Waals surface area contributed by atoms with Gasteiger partial charge in [0.1, 0.15) is 0 Å². The molecule has 0 saturated carbocycles. The molecule has 1 nitrogen and oxygen atoms in total. The Hall–Kier alpha value is -0.820. The Morgan fingerprint density at radius 2 is 1.88 bits per heavy atom. The van der Waals surface area contributed by atoms with Crippen molar-refractivity contribution in [1.82, 2.24) is 0 Å². The van der Waals surface area contributed by atoms with Gasteiger partial charge in [-0.15, -0.1) is 11.6 Å². The number of hydrogen-bond donors (Lipinski definition) is 0. The molecule has 0 aliphatic heterocycles. The Morgan fingerprint density at radius 3 is 2.44 bits per heavy atom. The first-order valence-electron chi connectivity index (χ1n) is 5.93. The van der Waals surface area contributed by atoms with Crippen LogP contribution in [-0.2, 0) is 12.8 Å². The van der Waals surface area contributed by atoms with Gasteiger partial charge < -0.3 is 0 Å². The Balaban J connectivity index is 2.85. The molecule has 16 heavy (non-hydrogen) atoms. The number of alkyl halides is 1. The van der Waals surface area contributed by atoms with Gasteiger partial charge in [-0.25, -0.2) is 0 Å². The third kappa shape index (κ3) is 3.34. The quantitative estimate of drug-likeness (QED) is 0.541. The van der Waals surface area contributed by atoms with Gasteiger partial charge in [-0.3, -0.25) is 4.79 Å². The smallest absolute Gasteiger partial charge is 0.162 e. The van der Waals surface area contributed by atoms with Gasteiger partial charge in [0.05, 0.1) is 0 Å². The molecule has 0 saturated heterocycles. The zero-order valence-electron chi connectivity index (χ0n) is 10.1. The number of ketones is 1. The zero-order valence-corrected chi connectivity index (χ0v) is 10.8. The molecular formula is C14H19ClO. The monoisotopic (exact) mass is 238 g/mol. The summed E-state index contributed by atoms with van der Waals surface area (Å²) in [6.45, 7) is 4.27. The Morgan fingerprint density at radius 1 is 1.19 bits per heavy atom. The van der Waals surface area contributed by atoms with E-state index in [1.807, 2.05) is 12.1 Å². The maximum atomic E-state index is 11.8. The lowest BCUT2D eigenvalue weighted by Crippen LogP contribution is -2.02. The number of rotatable bonds is 6. The lowest BCUT2D eigenvalue weighted by Gasteiger charge is -2.08. The third-order valence-electron chi connectivity index (χ3n) is 2.83. The molecule has 0 fully saturated rings. The molecule has 0 amide bonds. The summed E-state index contributed by atoms with van der Waals surface area (Å²) in [7, 11) is 0. The van der Waals surface area contributed by atoms with E-state index in [1.54, 1.807) is 0 Å². The summed E-state index contributed by atoms with van der Waals surface area (Å²) in [5.74, 6) is 0.761. The van der Waals surface area contributed by atoms with Crippen molar-refractivity contribution in [2.45, 2.75) is 39.5 Å². The fourth-order valence-electron chi connectivity index (χ4n) is 1.85. The molecule has 88 valence electrons. The fraction of sp³-hybridized carbons (Fsp3) is 0.500. The van der Waals surface area contributed by atoms with Crippen molar-refractivity contribution < 1.29 is 4.79 Å². The van der Waals surface area contributed by atoms with Crippen LogP contribution in [-0.4, -0.2) is 11.7 Å². The highest BCUT2D eigenvalue weighted by Crippen LogP contribution is 2.15. The Kier molecular flexibility index (Phi) is 5.54. The summed E-state index contributed by atoms with van der Waals surface area (Å²) >= 11 is 5.59. The van der Waals surface area contributed by atoms with Crippen LogP contribution in [0.4, 0.5) is 0 Å². The van der Waals surface area contributed by atoms with Gasteiger partial charge in [-0.1, -0.05) is 26.0 Å². The van der Waals surface area contributed by atoms with Crippen LogP contribution in [0, 0.1) is 0 Å². The van der Waals surface area contributed by atoms with Gasteiger partial charge in [0.25, 0.3) is 0 Å². The van der Waals surface area contributed by atoms with Crippen LogP contribution in [0.3, 0.4) is 0 Å². The second-order valence-electron chi connectivity index (χ2n) is 3.91. The maximum Gasteiger partial charge on any atom is 0.162 e. The van der Waals surface area contributed by atoms with Crippen molar-refractivity contribution in [2.24, 2.45) is 0 Å². The van der Waals surface area contributed by atoms with E-state index in [1.165, 1.54) is 11.1 Å². The summed E-state index contributed by atoms with van der Waals surface area (Å²) in [4.78, 5) is 11.8. The van der Waals surface area contributed by atoms with E-state index in [0.717, 1.165) is 24.8 Å². The SMILES string of the molecule is CCc1ccc(C(=O)CCCCl)cc1CC. The molecule has 1 aromatic rings. The van der Waals surface area contributed by atoms with Gasteiger partial charge in [0.15, 0.2) is 5.78 Å². The van der Waals surface area contributed by atoms with Crippen LogP contribution in [0.25, 0.3) is 0 Å². The number of halogens is 1. The average molecular weight is 239 g/mol. The second-order valence-corrected chi connectivity index (χ2v) is 4.28. The van der Waals surface area contributed by atoms with E-state index in [2.05, 4.69) is 19.9 Å². The lowest BCUT2D eigenvalue weighted by molar-refractivity contribution is 0.0982. The van der Waals surface area contributed by atoms with Crippen LogP contribution in [0.2, 0.25) is 0 Å². The van der Waals surface area contributed by atoms with Crippen molar-refractivity contribution in [3.05, 3.63) is 34.9 Å². The van der Waals surface area contributed by atoms with Crippen molar-refractivity contribution in [3.63, 3.8) is 0 Å². The molecule has 1 aromatic carbocycles. The van der Waals surface area contributed by atoms with Crippen LogP contribution in [0.5, 0.6) is 0 Å². The lowest BCUT2D eigenvalue weighted by atomic mass is 9.97. The van der Waals surface area contributed by atoms with E-state index in [4.69, 9.17) is 11.6 Å². The van der Waals surface area contributed by atoms with Gasteiger partial charge in [-0.2, -0.15) is 0 Å². The summed E-state index contributed by atoms with van der Waals surface area (Å²) < 4.78 is 0. The molecule has 0 spiro atoms. The van der Waals surface area contributed by atoms with Crippen molar-refractivity contribution in [2.75, 3.05) is 5.88 Å². The molecule has 0 radical (unpaired) electrons. The molecule has 0 unspecified atom stereocenters. The van der Waals surface area contributed by atoms with Crippen LogP contribution >= 0.6 is 11.6 Å². The van der Waals surface area contributed by atoms with E-state index < -0.39 is 0 Å². The number of Topliss-reactive ketones (excluding diaryl/α,β-unsaturated/α-hetero) is 1. The second kappa shape index (κ2) is 6.70. The summed E-state index contributed by atoms with van der Waals surface area (Å²) in [5, 5.41) is 0. The first-order chi connectivity index (χ1) is 7.72. The number of benzene rings is 1. The normalized spacial score (nSPS) is 10.4. The summed E-state index contributed by atoms with van der Waals surface area (Å²) in [6.07, 6.45) is 3.33. The highest BCUT2D eigenvalue weighted by Gasteiger charge is 2.07. The topological polar surface area (TPSA) is 17.1 Å². The van der Waals surface area contributed by atoms with Crippen molar-refractivity contribution >= 4 is 17.4 Å². The van der Waals surface area contributed by atoms with E-state index in [9.17, 15) is 4.79 Å². The number of carbonyl (C=O) groups is 1. The molecule has 0 aliphatic rings. The number of hydrogen-bond acceptors (Lipinski definition) is 1. The minimum atomic E-state index is 0.206. The minimum absolute atomic E-state index is 0.206. The highest BCUT2D eigenvalue weighted by molar-refractivity contribution is 6.18. The standard InChI is InChI=1S/C14H19ClO/c1-3-11-7-8-13(10-12(11)4-2)14(16)6-5-9-15/h7-8,10H,3-6,9H2,1-2H3. The van der Waals surface area contributed by atoms with E-state index >= 15 is 0 Å². The molecule has 0 aromatic heterocycles. The van der Waals surface area contributed by atoms with Crippen LogP contribution in [0.1, 0.15) is 48.2 Å².